The number of aliphatic carboxylic acids is 1. The summed E-state index contributed by atoms with van der Waals surface area (Å²) in [4.78, 5) is 23.0. The highest BCUT2D eigenvalue weighted by Crippen LogP contribution is 2.28. The Morgan fingerprint density at radius 2 is 2.09 bits per heavy atom. The van der Waals surface area contributed by atoms with Crippen molar-refractivity contribution in [3.8, 4) is 5.75 Å². The van der Waals surface area contributed by atoms with Gasteiger partial charge in [0.25, 0.3) is 0 Å². The van der Waals surface area contributed by atoms with E-state index in [1.165, 1.54) is 12.1 Å². The fourth-order valence-electron chi connectivity index (χ4n) is 2.58. The zero-order chi connectivity index (χ0) is 17.1. The second kappa shape index (κ2) is 6.83. The van der Waals surface area contributed by atoms with Crippen molar-refractivity contribution in [1.29, 1.82) is 0 Å². The summed E-state index contributed by atoms with van der Waals surface area (Å²) in [6.07, 6.45) is 0.708. The van der Waals surface area contributed by atoms with Crippen LogP contribution in [0.15, 0.2) is 27.4 Å². The topological polar surface area (TPSA) is 99.8 Å². The minimum atomic E-state index is -0.947. The minimum absolute atomic E-state index is 0.0351. The molecule has 2 aromatic rings. The van der Waals surface area contributed by atoms with E-state index >= 15 is 0 Å². The highest BCUT2D eigenvalue weighted by Gasteiger charge is 2.24. The van der Waals surface area contributed by atoms with E-state index in [0.29, 0.717) is 12.0 Å². The van der Waals surface area contributed by atoms with Crippen LogP contribution in [0, 0.1) is 12.8 Å². The summed E-state index contributed by atoms with van der Waals surface area (Å²) in [6.45, 7) is 5.64. The Labute approximate surface area is 133 Å². The second-order valence-electron chi connectivity index (χ2n) is 5.77. The average molecular weight is 319 g/mol. The molecule has 0 radical (unpaired) electrons. The number of carbonyl (C=O) groups is 1. The molecule has 0 aliphatic carbocycles. The maximum atomic E-state index is 11.6. The van der Waals surface area contributed by atoms with Crippen molar-refractivity contribution in [3.05, 3.63) is 39.7 Å². The molecule has 124 valence electrons. The summed E-state index contributed by atoms with van der Waals surface area (Å²) in [5.41, 5.74) is 0.918. The maximum Gasteiger partial charge on any atom is 0.336 e. The van der Waals surface area contributed by atoms with Gasteiger partial charge in [-0.3, -0.25) is 10.1 Å². The Hall–Kier alpha value is -2.34. The third-order valence-corrected chi connectivity index (χ3v) is 4.18. The molecule has 0 amide bonds. The average Bonchev–Trinajstić information content (AvgIpc) is 2.48. The molecule has 0 bridgehead atoms. The van der Waals surface area contributed by atoms with Gasteiger partial charge in [-0.2, -0.15) is 0 Å². The summed E-state index contributed by atoms with van der Waals surface area (Å²) in [7, 11) is 0. The second-order valence-corrected chi connectivity index (χ2v) is 5.77. The van der Waals surface area contributed by atoms with Crippen LogP contribution in [0.2, 0.25) is 0 Å². The van der Waals surface area contributed by atoms with Gasteiger partial charge in [0.15, 0.2) is 0 Å². The number of phenolic OH excluding ortho intramolecular Hbond substituents is 1. The van der Waals surface area contributed by atoms with Gasteiger partial charge in [-0.05, 0) is 30.5 Å². The molecule has 0 spiro atoms. The normalized spacial score (nSPS) is 13.9. The lowest BCUT2D eigenvalue weighted by molar-refractivity contribution is -0.140. The number of hydrogen-bond donors (Lipinski definition) is 3. The van der Waals surface area contributed by atoms with Gasteiger partial charge in [0, 0.05) is 18.0 Å². The van der Waals surface area contributed by atoms with Gasteiger partial charge in [-0.25, -0.2) is 4.79 Å². The number of rotatable bonds is 6. The zero-order valence-electron chi connectivity index (χ0n) is 13.4. The minimum Gasteiger partial charge on any atom is -0.507 e. The highest BCUT2D eigenvalue weighted by molar-refractivity contribution is 5.85. The molecule has 0 saturated heterocycles. The largest absolute Gasteiger partial charge is 0.507 e. The van der Waals surface area contributed by atoms with Crippen LogP contribution in [0.25, 0.3) is 11.0 Å². The molecular formula is C17H21NO5. The van der Waals surface area contributed by atoms with Gasteiger partial charge in [0.05, 0.1) is 5.56 Å². The zero-order valence-corrected chi connectivity index (χ0v) is 13.4. The summed E-state index contributed by atoms with van der Waals surface area (Å²) < 4.78 is 5.23. The van der Waals surface area contributed by atoms with E-state index in [1.807, 2.05) is 13.8 Å². The predicted molar refractivity (Wildman–Crippen MR) is 86.6 cm³/mol. The van der Waals surface area contributed by atoms with Crippen molar-refractivity contribution in [2.75, 3.05) is 0 Å². The fourth-order valence-corrected chi connectivity index (χ4v) is 2.58. The first-order chi connectivity index (χ1) is 10.8. The maximum absolute atomic E-state index is 11.6. The molecule has 23 heavy (non-hydrogen) atoms. The van der Waals surface area contributed by atoms with E-state index in [0.717, 1.165) is 10.9 Å². The summed E-state index contributed by atoms with van der Waals surface area (Å²) in [5.74, 6) is -1.05. The molecule has 0 saturated carbocycles. The standard InChI is InChI=1S/C17H21NO5/c1-4-9(2)15(17(21)22)18-8-12-13(19)6-5-11-10(3)7-14(20)23-16(11)12/h5-7,9,15,18-19H,4,8H2,1-3H3,(H,21,22)/t9-,15-/m0/s1. The number of benzene rings is 1. The van der Waals surface area contributed by atoms with Crippen LogP contribution in [-0.4, -0.2) is 22.2 Å². The molecular weight excluding hydrogens is 298 g/mol. The van der Waals surface area contributed by atoms with Crippen molar-refractivity contribution in [2.24, 2.45) is 5.92 Å². The summed E-state index contributed by atoms with van der Waals surface area (Å²) in [5, 5.41) is 23.1. The number of nitrogens with one attached hydrogen (secondary N) is 1. The highest BCUT2D eigenvalue weighted by atomic mass is 16.4. The lowest BCUT2D eigenvalue weighted by Gasteiger charge is -2.20. The summed E-state index contributed by atoms with van der Waals surface area (Å²) >= 11 is 0. The molecule has 3 N–H and O–H groups in total. The van der Waals surface area contributed by atoms with Gasteiger partial charge in [0.1, 0.15) is 17.4 Å². The van der Waals surface area contributed by atoms with Crippen molar-refractivity contribution in [1.82, 2.24) is 5.32 Å². The molecule has 6 heteroatoms. The quantitative estimate of drug-likeness (QED) is 0.707. The van der Waals surface area contributed by atoms with Gasteiger partial charge in [0.2, 0.25) is 0 Å². The third-order valence-electron chi connectivity index (χ3n) is 4.18. The van der Waals surface area contributed by atoms with Crippen LogP contribution in [-0.2, 0) is 11.3 Å². The van der Waals surface area contributed by atoms with Crippen molar-refractivity contribution in [3.63, 3.8) is 0 Å². The molecule has 0 aliphatic rings. The third kappa shape index (κ3) is 3.53. The number of fused-ring (bicyclic) bond motifs is 1. The van der Waals surface area contributed by atoms with Gasteiger partial charge >= 0.3 is 11.6 Å². The first-order valence-corrected chi connectivity index (χ1v) is 7.56. The molecule has 1 heterocycles. The predicted octanol–water partition coefficient (Wildman–Crippen LogP) is 2.40. The fraction of sp³-hybridized carbons (Fsp3) is 0.412. The number of carboxylic acids is 1. The van der Waals surface area contributed by atoms with E-state index in [-0.39, 0.29) is 23.8 Å². The van der Waals surface area contributed by atoms with Crippen LogP contribution >= 0.6 is 0 Å². The van der Waals surface area contributed by atoms with Crippen molar-refractivity contribution in [2.45, 2.75) is 39.8 Å². The molecule has 0 fully saturated rings. The number of phenols is 1. The van der Waals surface area contributed by atoms with Gasteiger partial charge in [-0.15, -0.1) is 0 Å². The van der Waals surface area contributed by atoms with Crippen LogP contribution < -0.4 is 10.9 Å². The van der Waals surface area contributed by atoms with E-state index in [4.69, 9.17) is 4.42 Å². The van der Waals surface area contributed by atoms with E-state index in [1.54, 1.807) is 13.0 Å². The van der Waals surface area contributed by atoms with E-state index < -0.39 is 17.6 Å². The lowest BCUT2D eigenvalue weighted by Crippen LogP contribution is -2.41. The number of aryl methyl sites for hydroxylation is 1. The Kier molecular flexibility index (Phi) is 5.05. The van der Waals surface area contributed by atoms with Gasteiger partial charge in [-0.1, -0.05) is 20.3 Å². The van der Waals surface area contributed by atoms with Crippen LogP contribution in [0.5, 0.6) is 5.75 Å². The van der Waals surface area contributed by atoms with E-state index in [9.17, 15) is 19.8 Å². The van der Waals surface area contributed by atoms with Crippen molar-refractivity contribution < 1.29 is 19.4 Å². The van der Waals surface area contributed by atoms with E-state index in [2.05, 4.69) is 5.32 Å². The molecule has 2 rings (SSSR count). The van der Waals surface area contributed by atoms with Gasteiger partial charge < -0.3 is 14.6 Å². The molecule has 1 aromatic heterocycles. The lowest BCUT2D eigenvalue weighted by atomic mass is 9.98. The Balaban J connectivity index is 2.41. The summed E-state index contributed by atoms with van der Waals surface area (Å²) in [6, 6.07) is 3.84. The molecule has 0 unspecified atom stereocenters. The monoisotopic (exact) mass is 319 g/mol. The van der Waals surface area contributed by atoms with Crippen molar-refractivity contribution >= 4 is 16.9 Å². The Bertz CT molecular complexity index is 780. The smallest absolute Gasteiger partial charge is 0.336 e. The SMILES string of the molecule is CC[C@H](C)[C@H](NCc1c(O)ccc2c(C)cc(=O)oc12)C(=O)O. The number of aromatic hydroxyl groups is 1. The Morgan fingerprint density at radius 1 is 1.39 bits per heavy atom. The van der Waals surface area contributed by atoms with Crippen LogP contribution in [0.1, 0.15) is 31.4 Å². The molecule has 6 nitrogen and oxygen atoms in total. The first-order valence-electron chi connectivity index (χ1n) is 7.56. The Morgan fingerprint density at radius 3 is 2.70 bits per heavy atom. The van der Waals surface area contributed by atoms with Crippen LogP contribution in [0.4, 0.5) is 0 Å². The van der Waals surface area contributed by atoms with Crippen LogP contribution in [0.3, 0.4) is 0 Å². The number of carboxylic acid groups (broad SMARTS) is 1. The number of hydrogen-bond acceptors (Lipinski definition) is 5. The molecule has 1 aromatic carbocycles. The first kappa shape index (κ1) is 17.0. The molecule has 0 aliphatic heterocycles. The molecule has 2 atom stereocenters.